The summed E-state index contributed by atoms with van der Waals surface area (Å²) < 4.78 is 32.0. The van der Waals surface area contributed by atoms with E-state index in [9.17, 15) is 18.4 Å². The van der Waals surface area contributed by atoms with E-state index in [0.717, 1.165) is 23.5 Å². The number of aromatic nitrogens is 1. The first-order valence-electron chi connectivity index (χ1n) is 8.01. The average Bonchev–Trinajstić information content (AvgIpc) is 3.32. The topological polar surface area (TPSA) is 84.2 Å². The molecule has 0 bridgehead atoms. The lowest BCUT2D eigenvalue weighted by Crippen LogP contribution is -2.14. The van der Waals surface area contributed by atoms with Crippen LogP contribution in [0.5, 0.6) is 0 Å². The highest BCUT2D eigenvalue weighted by Gasteiger charge is 2.14. The minimum atomic E-state index is -1.00. The zero-order chi connectivity index (χ0) is 19.7. The Bertz CT molecular complexity index is 1150. The molecule has 28 heavy (non-hydrogen) atoms. The van der Waals surface area contributed by atoms with Crippen molar-refractivity contribution in [2.24, 2.45) is 0 Å². The summed E-state index contributed by atoms with van der Waals surface area (Å²) in [5, 5.41) is 5.42. The van der Waals surface area contributed by atoms with Crippen LogP contribution in [0.25, 0.3) is 10.2 Å². The first kappa shape index (κ1) is 17.8. The summed E-state index contributed by atoms with van der Waals surface area (Å²) in [5.74, 6) is -2.76. The van der Waals surface area contributed by atoms with Gasteiger partial charge in [-0.2, -0.15) is 0 Å². The van der Waals surface area contributed by atoms with Crippen molar-refractivity contribution < 1.29 is 22.8 Å². The number of hydrogen-bond acceptors (Lipinski definition) is 5. The number of furan rings is 1. The number of hydrogen-bond donors (Lipinski definition) is 2. The maximum Gasteiger partial charge on any atom is 0.291 e. The molecule has 2 aromatic carbocycles. The van der Waals surface area contributed by atoms with E-state index >= 15 is 0 Å². The molecule has 0 saturated carbocycles. The molecule has 2 amide bonds. The zero-order valence-corrected chi connectivity index (χ0v) is 14.8. The van der Waals surface area contributed by atoms with Crippen LogP contribution in [0.4, 0.5) is 19.6 Å². The smallest absolute Gasteiger partial charge is 0.291 e. The predicted molar refractivity (Wildman–Crippen MR) is 101 cm³/mol. The van der Waals surface area contributed by atoms with E-state index in [1.807, 2.05) is 0 Å². The Kier molecular flexibility index (Phi) is 4.58. The molecule has 4 rings (SSSR count). The molecule has 0 aliphatic carbocycles. The number of nitrogens with one attached hydrogen (secondary N) is 2. The molecule has 2 aromatic heterocycles. The van der Waals surface area contributed by atoms with Crippen LogP contribution >= 0.6 is 11.3 Å². The van der Waals surface area contributed by atoms with Gasteiger partial charge >= 0.3 is 0 Å². The number of carbonyl (C=O) groups excluding carboxylic acids is 2. The standard InChI is InChI=1S/C19H11F2N3O3S/c20-12-8-14-16(9-13(12)21)28-19(23-14)24-17(25)10-3-1-4-11(7-10)22-18(26)15-5-2-6-27-15/h1-9H,(H,22,26)(H,23,24,25). The van der Waals surface area contributed by atoms with Crippen LogP contribution in [0.3, 0.4) is 0 Å². The molecule has 6 nitrogen and oxygen atoms in total. The van der Waals surface area contributed by atoms with Gasteiger partial charge in [-0.25, -0.2) is 13.8 Å². The highest BCUT2D eigenvalue weighted by Crippen LogP contribution is 2.28. The Morgan fingerprint density at radius 2 is 1.79 bits per heavy atom. The molecule has 0 saturated heterocycles. The summed E-state index contributed by atoms with van der Waals surface area (Å²) in [4.78, 5) is 28.6. The molecule has 9 heteroatoms. The molecule has 0 atom stereocenters. The lowest BCUT2D eigenvalue weighted by Gasteiger charge is -2.06. The molecule has 0 radical (unpaired) electrons. The number of nitrogens with zero attached hydrogens (tertiary/aromatic N) is 1. The summed E-state index contributed by atoms with van der Waals surface area (Å²) in [5.41, 5.74) is 0.926. The van der Waals surface area contributed by atoms with E-state index in [0.29, 0.717) is 10.4 Å². The molecule has 0 aliphatic rings. The maximum atomic E-state index is 13.3. The number of halogens is 2. The summed E-state index contributed by atoms with van der Waals surface area (Å²) in [6.45, 7) is 0. The van der Waals surface area contributed by atoms with Crippen LogP contribution in [0.15, 0.2) is 59.2 Å². The second-order valence-corrected chi connectivity index (χ2v) is 6.75. The summed E-state index contributed by atoms with van der Waals surface area (Å²) in [6.07, 6.45) is 1.38. The van der Waals surface area contributed by atoms with Crippen LogP contribution in [0.1, 0.15) is 20.9 Å². The number of benzene rings is 2. The fraction of sp³-hybridized carbons (Fsp3) is 0. The number of thiazole rings is 1. The number of carbonyl (C=O) groups is 2. The first-order valence-corrected chi connectivity index (χ1v) is 8.83. The van der Waals surface area contributed by atoms with Crippen molar-refractivity contribution in [1.29, 1.82) is 0 Å². The number of anilines is 2. The van der Waals surface area contributed by atoms with E-state index in [1.54, 1.807) is 24.3 Å². The third-order valence-corrected chi connectivity index (χ3v) is 4.71. The Labute approximate surface area is 160 Å². The quantitative estimate of drug-likeness (QED) is 0.522. The molecule has 2 heterocycles. The molecule has 4 aromatic rings. The normalized spacial score (nSPS) is 10.8. The van der Waals surface area contributed by atoms with Gasteiger partial charge in [-0.3, -0.25) is 14.9 Å². The SMILES string of the molecule is O=C(Nc1nc2cc(F)c(F)cc2s1)c1cccc(NC(=O)c2ccco2)c1. The van der Waals surface area contributed by atoms with E-state index in [-0.39, 0.29) is 22.0 Å². The van der Waals surface area contributed by atoms with Crippen molar-refractivity contribution >= 4 is 44.2 Å². The van der Waals surface area contributed by atoms with Crippen LogP contribution < -0.4 is 10.6 Å². The van der Waals surface area contributed by atoms with Gasteiger partial charge in [-0.15, -0.1) is 0 Å². The van der Waals surface area contributed by atoms with E-state index in [2.05, 4.69) is 15.6 Å². The fourth-order valence-electron chi connectivity index (χ4n) is 2.48. The van der Waals surface area contributed by atoms with Gasteiger partial charge in [0, 0.05) is 17.3 Å². The monoisotopic (exact) mass is 399 g/mol. The molecule has 140 valence electrons. The Hall–Kier alpha value is -3.59. The van der Waals surface area contributed by atoms with Crippen LogP contribution in [-0.4, -0.2) is 16.8 Å². The van der Waals surface area contributed by atoms with Crippen molar-refractivity contribution in [2.75, 3.05) is 10.6 Å². The van der Waals surface area contributed by atoms with Gasteiger partial charge in [-0.1, -0.05) is 17.4 Å². The highest BCUT2D eigenvalue weighted by molar-refractivity contribution is 7.22. The molecular formula is C19H11F2N3O3S. The van der Waals surface area contributed by atoms with Gasteiger partial charge in [0.1, 0.15) is 0 Å². The van der Waals surface area contributed by atoms with Crippen molar-refractivity contribution in [2.45, 2.75) is 0 Å². The average molecular weight is 399 g/mol. The lowest BCUT2D eigenvalue weighted by molar-refractivity contribution is 0.0993. The van der Waals surface area contributed by atoms with Crippen LogP contribution in [-0.2, 0) is 0 Å². The number of amides is 2. The molecule has 0 spiro atoms. The van der Waals surface area contributed by atoms with Gasteiger partial charge in [-0.05, 0) is 36.4 Å². The highest BCUT2D eigenvalue weighted by atomic mass is 32.1. The third-order valence-electron chi connectivity index (χ3n) is 3.78. The Morgan fingerprint density at radius 3 is 2.57 bits per heavy atom. The minimum absolute atomic E-state index is 0.142. The second kappa shape index (κ2) is 7.20. The van der Waals surface area contributed by atoms with Gasteiger partial charge in [0.25, 0.3) is 11.8 Å². The second-order valence-electron chi connectivity index (χ2n) is 5.72. The van der Waals surface area contributed by atoms with Crippen molar-refractivity contribution in [3.8, 4) is 0 Å². The summed E-state index contributed by atoms with van der Waals surface area (Å²) >= 11 is 1.02. The largest absolute Gasteiger partial charge is 0.459 e. The van der Waals surface area contributed by atoms with Gasteiger partial charge in [0.05, 0.1) is 16.5 Å². The van der Waals surface area contributed by atoms with Crippen LogP contribution in [0.2, 0.25) is 0 Å². The van der Waals surface area contributed by atoms with Crippen molar-refractivity contribution in [3.63, 3.8) is 0 Å². The summed E-state index contributed by atoms with van der Waals surface area (Å²) in [7, 11) is 0. The molecule has 0 aliphatic heterocycles. The van der Waals surface area contributed by atoms with Crippen LogP contribution in [0, 0.1) is 11.6 Å². The molecule has 2 N–H and O–H groups in total. The van der Waals surface area contributed by atoms with E-state index in [4.69, 9.17) is 4.42 Å². The maximum absolute atomic E-state index is 13.3. The predicted octanol–water partition coefficient (Wildman–Crippen LogP) is 4.67. The Morgan fingerprint density at radius 1 is 0.964 bits per heavy atom. The zero-order valence-electron chi connectivity index (χ0n) is 14.0. The van der Waals surface area contributed by atoms with Gasteiger partial charge in [0.15, 0.2) is 22.5 Å². The molecule has 0 unspecified atom stereocenters. The van der Waals surface area contributed by atoms with E-state index in [1.165, 1.54) is 18.4 Å². The van der Waals surface area contributed by atoms with Gasteiger partial charge < -0.3 is 9.73 Å². The molecular weight excluding hydrogens is 388 g/mol. The lowest BCUT2D eigenvalue weighted by atomic mass is 10.2. The van der Waals surface area contributed by atoms with Crippen molar-refractivity contribution in [1.82, 2.24) is 4.98 Å². The third kappa shape index (κ3) is 3.60. The fourth-order valence-corrected chi connectivity index (χ4v) is 3.35. The minimum Gasteiger partial charge on any atom is -0.459 e. The van der Waals surface area contributed by atoms with E-state index < -0.39 is 23.4 Å². The summed E-state index contributed by atoms with van der Waals surface area (Å²) in [6, 6.07) is 11.4. The van der Waals surface area contributed by atoms with Gasteiger partial charge in [0.2, 0.25) is 0 Å². The van der Waals surface area contributed by atoms with Crippen molar-refractivity contribution in [3.05, 3.63) is 77.8 Å². The Balaban J connectivity index is 1.51. The number of fused-ring (bicyclic) bond motifs is 1. The first-order chi connectivity index (χ1) is 13.5. The molecule has 0 fully saturated rings. The number of rotatable bonds is 4.